The number of alkyl halides is 2. The topological polar surface area (TPSA) is 67.4 Å². The number of carbonyl (C=O) groups is 2. The third-order valence-corrected chi connectivity index (χ3v) is 4.30. The standard InChI is InChI=1S/C21H15BrF2N2O3/c22-15-5-1-3-13(11-15)19(27)26-17-6-2-4-14(12-17)20(28)25-16-7-9-18(10-8-16)29-21(23)24/h1-12,21H,(H,25,28)(H,26,27). The van der Waals surface area contributed by atoms with E-state index in [1.54, 1.807) is 42.5 Å². The van der Waals surface area contributed by atoms with Crippen LogP contribution < -0.4 is 15.4 Å². The summed E-state index contributed by atoms with van der Waals surface area (Å²) in [6.45, 7) is -2.91. The Labute approximate surface area is 173 Å². The van der Waals surface area contributed by atoms with Crippen molar-refractivity contribution in [2.24, 2.45) is 0 Å². The van der Waals surface area contributed by atoms with Crippen molar-refractivity contribution in [1.29, 1.82) is 0 Å². The number of halogens is 3. The molecule has 0 fully saturated rings. The molecule has 0 aliphatic heterocycles. The van der Waals surface area contributed by atoms with Crippen molar-refractivity contribution in [2.75, 3.05) is 10.6 Å². The average Bonchev–Trinajstić information content (AvgIpc) is 2.69. The molecule has 0 aliphatic carbocycles. The number of rotatable bonds is 6. The van der Waals surface area contributed by atoms with Gasteiger partial charge in [0.05, 0.1) is 0 Å². The Kier molecular flexibility index (Phi) is 6.56. The molecule has 2 N–H and O–H groups in total. The lowest BCUT2D eigenvalue weighted by molar-refractivity contribution is -0.0498. The van der Waals surface area contributed by atoms with Crippen molar-refractivity contribution in [3.05, 3.63) is 88.4 Å². The number of nitrogens with one attached hydrogen (secondary N) is 2. The molecule has 0 heterocycles. The van der Waals surface area contributed by atoms with Crippen molar-refractivity contribution >= 4 is 39.1 Å². The van der Waals surface area contributed by atoms with Crippen molar-refractivity contribution < 1.29 is 23.1 Å². The number of ether oxygens (including phenoxy) is 1. The van der Waals surface area contributed by atoms with E-state index in [2.05, 4.69) is 31.3 Å². The van der Waals surface area contributed by atoms with Gasteiger partial charge in [0.15, 0.2) is 0 Å². The van der Waals surface area contributed by atoms with Gasteiger partial charge >= 0.3 is 6.61 Å². The minimum Gasteiger partial charge on any atom is -0.435 e. The van der Waals surface area contributed by atoms with Gasteiger partial charge in [0.2, 0.25) is 0 Å². The molecular formula is C21H15BrF2N2O3. The maximum absolute atomic E-state index is 12.4. The lowest BCUT2D eigenvalue weighted by Crippen LogP contribution is -2.14. The number of amides is 2. The smallest absolute Gasteiger partial charge is 0.387 e. The minimum absolute atomic E-state index is 0.00439. The molecule has 0 saturated carbocycles. The van der Waals surface area contributed by atoms with E-state index in [0.29, 0.717) is 22.5 Å². The van der Waals surface area contributed by atoms with Crippen molar-refractivity contribution in [1.82, 2.24) is 0 Å². The molecule has 0 spiro atoms. The summed E-state index contributed by atoms with van der Waals surface area (Å²) in [5.74, 6) is -0.722. The van der Waals surface area contributed by atoms with E-state index < -0.39 is 12.5 Å². The Bertz CT molecular complexity index is 1030. The first-order chi connectivity index (χ1) is 13.9. The largest absolute Gasteiger partial charge is 0.435 e. The van der Waals surface area contributed by atoms with Crippen LogP contribution in [-0.4, -0.2) is 18.4 Å². The van der Waals surface area contributed by atoms with Crippen LogP contribution in [0.4, 0.5) is 20.2 Å². The predicted molar refractivity (Wildman–Crippen MR) is 110 cm³/mol. The van der Waals surface area contributed by atoms with E-state index in [1.807, 2.05) is 6.07 Å². The van der Waals surface area contributed by atoms with Crippen LogP contribution >= 0.6 is 15.9 Å². The zero-order chi connectivity index (χ0) is 20.8. The highest BCUT2D eigenvalue weighted by Gasteiger charge is 2.11. The van der Waals surface area contributed by atoms with E-state index in [0.717, 1.165) is 4.47 Å². The summed E-state index contributed by atoms with van der Waals surface area (Å²) in [6, 6.07) is 18.9. The first kappa shape index (κ1) is 20.5. The number of anilines is 2. The Balaban J connectivity index is 1.67. The summed E-state index contributed by atoms with van der Waals surface area (Å²) < 4.78 is 29.4. The van der Waals surface area contributed by atoms with E-state index in [-0.39, 0.29) is 11.7 Å². The molecule has 0 radical (unpaired) electrons. The highest BCUT2D eigenvalue weighted by molar-refractivity contribution is 9.10. The highest BCUT2D eigenvalue weighted by atomic mass is 79.9. The Morgan fingerprint density at radius 3 is 2.00 bits per heavy atom. The molecular weight excluding hydrogens is 446 g/mol. The molecule has 0 aromatic heterocycles. The Morgan fingerprint density at radius 1 is 0.793 bits per heavy atom. The molecule has 3 aromatic rings. The van der Waals surface area contributed by atoms with E-state index in [9.17, 15) is 18.4 Å². The minimum atomic E-state index is -2.91. The zero-order valence-electron chi connectivity index (χ0n) is 14.9. The predicted octanol–water partition coefficient (Wildman–Crippen LogP) is 5.56. The zero-order valence-corrected chi connectivity index (χ0v) is 16.5. The first-order valence-electron chi connectivity index (χ1n) is 8.44. The van der Waals surface area contributed by atoms with Crippen LogP contribution in [0.2, 0.25) is 0 Å². The second kappa shape index (κ2) is 9.29. The number of carbonyl (C=O) groups excluding carboxylic acids is 2. The fourth-order valence-electron chi connectivity index (χ4n) is 2.49. The van der Waals surface area contributed by atoms with Crippen molar-refractivity contribution in [2.45, 2.75) is 6.61 Å². The van der Waals surface area contributed by atoms with Gasteiger partial charge in [-0.05, 0) is 60.7 Å². The molecule has 3 rings (SSSR count). The van der Waals surface area contributed by atoms with Crippen LogP contribution in [0, 0.1) is 0 Å². The number of hydrogen-bond acceptors (Lipinski definition) is 3. The van der Waals surface area contributed by atoms with Gasteiger partial charge in [0.1, 0.15) is 5.75 Å². The van der Waals surface area contributed by atoms with Gasteiger partial charge in [0, 0.05) is 27.0 Å². The van der Waals surface area contributed by atoms with Crippen LogP contribution in [0.25, 0.3) is 0 Å². The van der Waals surface area contributed by atoms with E-state index >= 15 is 0 Å². The molecule has 148 valence electrons. The third-order valence-electron chi connectivity index (χ3n) is 3.81. The third kappa shape index (κ3) is 5.86. The normalized spacial score (nSPS) is 10.5. The SMILES string of the molecule is O=C(Nc1cccc(C(=O)Nc2ccc(OC(F)F)cc2)c1)c1cccc(Br)c1. The average molecular weight is 461 g/mol. The maximum atomic E-state index is 12.4. The molecule has 2 amide bonds. The van der Waals surface area contributed by atoms with E-state index in [4.69, 9.17) is 0 Å². The Hall–Kier alpha value is -3.26. The maximum Gasteiger partial charge on any atom is 0.387 e. The highest BCUT2D eigenvalue weighted by Crippen LogP contribution is 2.19. The molecule has 0 atom stereocenters. The monoisotopic (exact) mass is 460 g/mol. The lowest BCUT2D eigenvalue weighted by Gasteiger charge is -2.09. The number of benzene rings is 3. The summed E-state index contributed by atoms with van der Waals surface area (Å²) in [5, 5.41) is 5.40. The molecule has 3 aromatic carbocycles. The van der Waals surface area contributed by atoms with Crippen LogP contribution in [0.3, 0.4) is 0 Å². The summed E-state index contributed by atoms with van der Waals surface area (Å²) >= 11 is 3.32. The second-order valence-electron chi connectivity index (χ2n) is 5.90. The molecule has 0 aliphatic rings. The summed E-state index contributed by atoms with van der Waals surface area (Å²) in [4.78, 5) is 24.8. The molecule has 5 nitrogen and oxygen atoms in total. The van der Waals surface area contributed by atoms with Gasteiger partial charge in [-0.1, -0.05) is 28.1 Å². The number of hydrogen-bond donors (Lipinski definition) is 2. The van der Waals surface area contributed by atoms with Crippen LogP contribution in [0.15, 0.2) is 77.3 Å². The van der Waals surface area contributed by atoms with Gasteiger partial charge in [0.25, 0.3) is 11.8 Å². The van der Waals surface area contributed by atoms with Crippen molar-refractivity contribution in [3.8, 4) is 5.75 Å². The fraction of sp³-hybridized carbons (Fsp3) is 0.0476. The first-order valence-corrected chi connectivity index (χ1v) is 9.23. The van der Waals surface area contributed by atoms with Gasteiger partial charge in [-0.2, -0.15) is 8.78 Å². The summed E-state index contributed by atoms with van der Waals surface area (Å²) in [5.41, 5.74) is 1.67. The quantitative estimate of drug-likeness (QED) is 0.506. The molecule has 29 heavy (non-hydrogen) atoms. The molecule has 8 heteroatoms. The lowest BCUT2D eigenvalue weighted by atomic mass is 10.1. The van der Waals surface area contributed by atoms with Crippen LogP contribution in [0.1, 0.15) is 20.7 Å². The van der Waals surface area contributed by atoms with Gasteiger partial charge < -0.3 is 15.4 Å². The van der Waals surface area contributed by atoms with Crippen LogP contribution in [0.5, 0.6) is 5.75 Å². The fourth-order valence-corrected chi connectivity index (χ4v) is 2.89. The van der Waals surface area contributed by atoms with Crippen molar-refractivity contribution in [3.63, 3.8) is 0 Å². The second-order valence-corrected chi connectivity index (χ2v) is 6.82. The van der Waals surface area contributed by atoms with Gasteiger partial charge in [-0.3, -0.25) is 9.59 Å². The van der Waals surface area contributed by atoms with Gasteiger partial charge in [-0.25, -0.2) is 0 Å². The van der Waals surface area contributed by atoms with E-state index in [1.165, 1.54) is 24.3 Å². The molecule has 0 bridgehead atoms. The molecule has 0 saturated heterocycles. The van der Waals surface area contributed by atoms with Gasteiger partial charge in [-0.15, -0.1) is 0 Å². The summed E-state index contributed by atoms with van der Waals surface area (Å²) in [6.07, 6.45) is 0. The van der Waals surface area contributed by atoms with Crippen LogP contribution in [-0.2, 0) is 0 Å². The molecule has 0 unspecified atom stereocenters. The summed E-state index contributed by atoms with van der Waals surface area (Å²) in [7, 11) is 0. The Morgan fingerprint density at radius 2 is 1.38 bits per heavy atom.